The molecule has 2 unspecified atom stereocenters. The highest BCUT2D eigenvalue weighted by molar-refractivity contribution is 5.73. The molecule has 0 bridgehead atoms. The molecule has 1 aromatic rings. The van der Waals surface area contributed by atoms with E-state index in [0.717, 1.165) is 6.42 Å². The predicted molar refractivity (Wildman–Crippen MR) is 52.5 cm³/mol. The van der Waals surface area contributed by atoms with Crippen molar-refractivity contribution in [3.8, 4) is 0 Å². The van der Waals surface area contributed by atoms with Crippen LogP contribution in [0, 0.1) is 0 Å². The molecule has 2 rings (SSSR count). The summed E-state index contributed by atoms with van der Waals surface area (Å²) in [6.07, 6.45) is 0.912. The van der Waals surface area contributed by atoms with E-state index in [1.54, 1.807) is 0 Å². The molecule has 0 aromatic heterocycles. The molecule has 0 radical (unpaired) electrons. The zero-order valence-corrected chi connectivity index (χ0v) is 8.07. The van der Waals surface area contributed by atoms with Gasteiger partial charge in [-0.3, -0.25) is 4.79 Å². The summed E-state index contributed by atoms with van der Waals surface area (Å²) in [6, 6.07) is 10.0. The van der Waals surface area contributed by atoms with E-state index < -0.39 is 0 Å². The Morgan fingerprint density at radius 2 is 2.07 bits per heavy atom. The van der Waals surface area contributed by atoms with Gasteiger partial charge in [0.05, 0.1) is 6.10 Å². The van der Waals surface area contributed by atoms with Crippen LogP contribution in [0.1, 0.15) is 25.0 Å². The van der Waals surface area contributed by atoms with Crippen molar-refractivity contribution in [1.29, 1.82) is 0 Å². The van der Waals surface area contributed by atoms with Gasteiger partial charge in [0.25, 0.3) is 0 Å². The molecule has 3 heteroatoms. The Morgan fingerprint density at radius 1 is 1.43 bits per heavy atom. The van der Waals surface area contributed by atoms with E-state index in [1.165, 1.54) is 12.5 Å². The van der Waals surface area contributed by atoms with Gasteiger partial charge in [0, 0.05) is 13.3 Å². The number of amides is 1. The first-order valence-electron chi connectivity index (χ1n) is 4.73. The molecular formula is C11H13NO2. The van der Waals surface area contributed by atoms with E-state index in [4.69, 9.17) is 4.74 Å². The van der Waals surface area contributed by atoms with Gasteiger partial charge < -0.3 is 10.1 Å². The van der Waals surface area contributed by atoms with Crippen LogP contribution in [0.5, 0.6) is 0 Å². The largest absolute Gasteiger partial charge is 0.350 e. The molecule has 1 aliphatic rings. The van der Waals surface area contributed by atoms with E-state index in [-0.39, 0.29) is 18.2 Å². The van der Waals surface area contributed by atoms with Gasteiger partial charge >= 0.3 is 0 Å². The molecule has 0 spiro atoms. The first kappa shape index (κ1) is 9.21. The second-order valence-electron chi connectivity index (χ2n) is 3.46. The van der Waals surface area contributed by atoms with Crippen molar-refractivity contribution in [2.45, 2.75) is 25.7 Å². The van der Waals surface area contributed by atoms with Crippen LogP contribution in [-0.2, 0) is 9.53 Å². The summed E-state index contributed by atoms with van der Waals surface area (Å²) >= 11 is 0. The fraction of sp³-hybridized carbons (Fsp3) is 0.364. The third-order valence-electron chi connectivity index (χ3n) is 2.29. The Bertz CT molecular complexity index is 317. The molecule has 3 nitrogen and oxygen atoms in total. The maximum atomic E-state index is 10.7. The van der Waals surface area contributed by atoms with Crippen molar-refractivity contribution in [3.63, 3.8) is 0 Å². The average Bonchev–Trinajstić information content (AvgIpc) is 2.12. The van der Waals surface area contributed by atoms with Gasteiger partial charge in [0.1, 0.15) is 6.23 Å². The molecular weight excluding hydrogens is 178 g/mol. The molecule has 0 aliphatic carbocycles. The van der Waals surface area contributed by atoms with Gasteiger partial charge in [-0.1, -0.05) is 30.3 Å². The van der Waals surface area contributed by atoms with Crippen molar-refractivity contribution >= 4 is 5.91 Å². The summed E-state index contributed by atoms with van der Waals surface area (Å²) in [6.45, 7) is 1.50. The molecule has 1 amide bonds. The van der Waals surface area contributed by atoms with E-state index in [2.05, 4.69) is 5.32 Å². The smallest absolute Gasteiger partial charge is 0.218 e. The molecule has 1 heterocycles. The molecule has 1 fully saturated rings. The number of carbonyl (C=O) groups is 1. The molecule has 74 valence electrons. The fourth-order valence-electron chi connectivity index (χ4n) is 1.58. The molecule has 2 atom stereocenters. The van der Waals surface area contributed by atoms with Crippen LogP contribution in [0.15, 0.2) is 30.3 Å². The Labute approximate surface area is 83.1 Å². The number of hydrogen-bond donors (Lipinski definition) is 1. The number of carbonyl (C=O) groups excluding carboxylic acids is 1. The Hall–Kier alpha value is -1.35. The highest BCUT2D eigenvalue weighted by Crippen LogP contribution is 2.33. The monoisotopic (exact) mass is 191 g/mol. The van der Waals surface area contributed by atoms with Crippen LogP contribution in [0.3, 0.4) is 0 Å². The minimum absolute atomic E-state index is 0.0403. The lowest BCUT2D eigenvalue weighted by Gasteiger charge is -2.36. The molecule has 1 N–H and O–H groups in total. The normalized spacial score (nSPS) is 25.2. The summed E-state index contributed by atoms with van der Waals surface area (Å²) < 4.78 is 5.50. The highest BCUT2D eigenvalue weighted by Gasteiger charge is 2.31. The zero-order valence-electron chi connectivity index (χ0n) is 8.07. The summed E-state index contributed by atoms with van der Waals surface area (Å²) in [5, 5.41) is 2.72. The van der Waals surface area contributed by atoms with Gasteiger partial charge in [-0.05, 0) is 5.56 Å². The zero-order chi connectivity index (χ0) is 9.97. The van der Waals surface area contributed by atoms with Crippen LogP contribution < -0.4 is 5.32 Å². The van der Waals surface area contributed by atoms with Crippen LogP contribution in [0.4, 0.5) is 0 Å². The number of ether oxygens (including phenoxy) is 1. The molecule has 1 aromatic carbocycles. The number of hydrogen-bond acceptors (Lipinski definition) is 2. The van der Waals surface area contributed by atoms with Gasteiger partial charge in [-0.25, -0.2) is 0 Å². The summed E-state index contributed by atoms with van der Waals surface area (Å²) in [5.74, 6) is -0.0403. The summed E-state index contributed by atoms with van der Waals surface area (Å²) in [7, 11) is 0. The van der Waals surface area contributed by atoms with Gasteiger partial charge in [0.2, 0.25) is 5.91 Å². The molecule has 1 saturated heterocycles. The van der Waals surface area contributed by atoms with E-state index in [1.807, 2.05) is 30.3 Å². The Balaban J connectivity index is 1.86. The van der Waals surface area contributed by atoms with E-state index >= 15 is 0 Å². The van der Waals surface area contributed by atoms with Crippen molar-refractivity contribution in [3.05, 3.63) is 35.9 Å². The predicted octanol–water partition coefficient (Wildman–Crippen LogP) is 1.61. The van der Waals surface area contributed by atoms with Crippen LogP contribution in [0.25, 0.3) is 0 Å². The van der Waals surface area contributed by atoms with Crippen LogP contribution in [0.2, 0.25) is 0 Å². The summed E-state index contributed by atoms with van der Waals surface area (Å²) in [4.78, 5) is 10.7. The number of benzene rings is 1. The maximum absolute atomic E-state index is 10.7. The maximum Gasteiger partial charge on any atom is 0.218 e. The third kappa shape index (κ3) is 1.93. The lowest BCUT2D eigenvalue weighted by Crippen LogP contribution is -2.44. The van der Waals surface area contributed by atoms with Crippen LogP contribution >= 0.6 is 0 Å². The standard InChI is InChI=1S/C11H13NO2/c1-8(13)12-11-7-10(14-11)9-5-3-2-4-6-9/h2-6,10-11H,7H2,1H3,(H,12,13). The second-order valence-corrected chi connectivity index (χ2v) is 3.46. The second kappa shape index (κ2) is 3.80. The van der Waals surface area contributed by atoms with E-state index in [0.29, 0.717) is 0 Å². The third-order valence-corrected chi connectivity index (χ3v) is 2.29. The average molecular weight is 191 g/mol. The minimum Gasteiger partial charge on any atom is -0.350 e. The van der Waals surface area contributed by atoms with E-state index in [9.17, 15) is 4.79 Å². The molecule has 1 aliphatic heterocycles. The topological polar surface area (TPSA) is 38.3 Å². The minimum atomic E-state index is -0.0993. The van der Waals surface area contributed by atoms with Crippen molar-refractivity contribution in [2.24, 2.45) is 0 Å². The lowest BCUT2D eigenvalue weighted by atomic mass is 10.0. The Morgan fingerprint density at radius 3 is 2.64 bits per heavy atom. The van der Waals surface area contributed by atoms with Crippen LogP contribution in [-0.4, -0.2) is 12.1 Å². The Kier molecular flexibility index (Phi) is 2.50. The van der Waals surface area contributed by atoms with Gasteiger partial charge in [0.15, 0.2) is 0 Å². The van der Waals surface area contributed by atoms with Crippen molar-refractivity contribution in [1.82, 2.24) is 5.32 Å². The first-order valence-corrected chi connectivity index (χ1v) is 4.73. The highest BCUT2D eigenvalue weighted by atomic mass is 16.5. The number of nitrogens with one attached hydrogen (secondary N) is 1. The number of rotatable bonds is 2. The van der Waals surface area contributed by atoms with Crippen molar-refractivity contribution in [2.75, 3.05) is 0 Å². The SMILES string of the molecule is CC(=O)NC1CC(c2ccccc2)O1. The molecule has 0 saturated carbocycles. The van der Waals surface area contributed by atoms with Gasteiger partial charge in [-0.15, -0.1) is 0 Å². The fourth-order valence-corrected chi connectivity index (χ4v) is 1.58. The summed E-state index contributed by atoms with van der Waals surface area (Å²) in [5.41, 5.74) is 1.18. The first-order chi connectivity index (χ1) is 6.75. The quantitative estimate of drug-likeness (QED) is 0.771. The van der Waals surface area contributed by atoms with Gasteiger partial charge in [-0.2, -0.15) is 0 Å². The lowest BCUT2D eigenvalue weighted by molar-refractivity contribution is -0.155. The van der Waals surface area contributed by atoms with Crippen molar-refractivity contribution < 1.29 is 9.53 Å². The molecule has 14 heavy (non-hydrogen) atoms.